The number of carbonyl (C=O) groups is 1. The van der Waals surface area contributed by atoms with E-state index in [1.165, 1.54) is 0 Å². The van der Waals surface area contributed by atoms with Gasteiger partial charge in [-0.1, -0.05) is 13.8 Å². The summed E-state index contributed by atoms with van der Waals surface area (Å²) in [6.07, 6.45) is -4.27. The second kappa shape index (κ2) is 6.44. The smallest absolute Gasteiger partial charge is 0.237 e. The largest absolute Gasteiger partial charge is 0.394 e. The van der Waals surface area contributed by atoms with E-state index in [-0.39, 0.29) is 17.9 Å². The quantitative estimate of drug-likeness (QED) is 0.318. The Morgan fingerprint density at radius 3 is 2.39 bits per heavy atom. The number of aliphatic hydroxyl groups is 4. The molecule has 0 aromatic heterocycles. The minimum absolute atomic E-state index is 0.121. The van der Waals surface area contributed by atoms with E-state index in [2.05, 4.69) is 10.6 Å². The molecule has 7 nitrogen and oxygen atoms in total. The molecule has 0 aromatic carbocycles. The fourth-order valence-corrected chi connectivity index (χ4v) is 1.99. The van der Waals surface area contributed by atoms with Crippen LogP contribution in [0.4, 0.5) is 0 Å². The Labute approximate surface area is 106 Å². The minimum Gasteiger partial charge on any atom is -0.394 e. The van der Waals surface area contributed by atoms with E-state index >= 15 is 0 Å². The lowest BCUT2D eigenvalue weighted by atomic mass is 9.95. The van der Waals surface area contributed by atoms with Crippen molar-refractivity contribution in [2.75, 3.05) is 13.2 Å². The Hall–Kier alpha value is -0.730. The Kier molecular flexibility index (Phi) is 5.48. The number of amides is 1. The normalized spacial score (nSPS) is 29.8. The first-order valence-corrected chi connectivity index (χ1v) is 6.07. The molecule has 1 aliphatic rings. The number of hydrogen-bond acceptors (Lipinski definition) is 6. The number of carbonyl (C=O) groups excluding carboxylic acids is 1. The predicted octanol–water partition coefficient (Wildman–Crippen LogP) is -2.83. The molecule has 1 fully saturated rings. The van der Waals surface area contributed by atoms with Crippen LogP contribution in [-0.2, 0) is 4.79 Å². The fraction of sp³-hybridized carbons (Fsp3) is 0.909. The first-order chi connectivity index (χ1) is 8.38. The van der Waals surface area contributed by atoms with E-state index in [0.717, 1.165) is 0 Å². The second-order valence-electron chi connectivity index (χ2n) is 4.98. The summed E-state index contributed by atoms with van der Waals surface area (Å²) < 4.78 is 0. The first kappa shape index (κ1) is 15.3. The summed E-state index contributed by atoms with van der Waals surface area (Å²) in [6.45, 7) is 3.45. The third-order valence-electron chi connectivity index (χ3n) is 3.18. The summed E-state index contributed by atoms with van der Waals surface area (Å²) >= 11 is 0. The van der Waals surface area contributed by atoms with Crippen molar-refractivity contribution >= 4 is 5.91 Å². The van der Waals surface area contributed by atoms with Gasteiger partial charge < -0.3 is 31.1 Å². The topological polar surface area (TPSA) is 122 Å². The van der Waals surface area contributed by atoms with Crippen LogP contribution in [0.3, 0.4) is 0 Å². The van der Waals surface area contributed by atoms with E-state index in [0.29, 0.717) is 6.54 Å². The van der Waals surface area contributed by atoms with Crippen molar-refractivity contribution in [3.63, 3.8) is 0 Å². The summed E-state index contributed by atoms with van der Waals surface area (Å²) in [5.41, 5.74) is 0. The van der Waals surface area contributed by atoms with E-state index < -0.39 is 31.0 Å². The van der Waals surface area contributed by atoms with Crippen molar-refractivity contribution in [1.82, 2.24) is 10.6 Å². The summed E-state index contributed by atoms with van der Waals surface area (Å²) in [5.74, 6) is -0.123. The van der Waals surface area contributed by atoms with Crippen LogP contribution in [0, 0.1) is 5.92 Å². The maximum atomic E-state index is 11.7. The van der Waals surface area contributed by atoms with Crippen LogP contribution in [0.15, 0.2) is 0 Å². The second-order valence-corrected chi connectivity index (χ2v) is 4.98. The molecule has 1 aliphatic heterocycles. The molecular formula is C11H22N2O5. The van der Waals surface area contributed by atoms with Crippen LogP contribution < -0.4 is 10.6 Å². The number of rotatable bonds is 5. The van der Waals surface area contributed by atoms with Crippen LogP contribution in [0.25, 0.3) is 0 Å². The maximum Gasteiger partial charge on any atom is 0.237 e. The SMILES string of the molecule is CC(C)[C@@H]1NC[C@@H]([C@@H](O)[C@H](O)[C@H](O)CO)NC1=O. The molecule has 0 unspecified atom stereocenters. The standard InChI is InChI=1S/C11H22N2O5/c1-5(2)8-11(18)13-6(3-12-8)9(16)10(17)7(15)4-14/h5-10,12,14-17H,3-4H2,1-2H3,(H,13,18)/t6-,7+,8-,9+,10+/m0/s1. The molecule has 1 rings (SSSR count). The highest BCUT2D eigenvalue weighted by Crippen LogP contribution is 2.11. The molecular weight excluding hydrogens is 240 g/mol. The molecule has 0 bridgehead atoms. The Balaban J connectivity index is 2.58. The van der Waals surface area contributed by atoms with Crippen molar-refractivity contribution in [2.45, 2.75) is 44.2 Å². The van der Waals surface area contributed by atoms with Gasteiger partial charge >= 0.3 is 0 Å². The zero-order chi connectivity index (χ0) is 13.9. The predicted molar refractivity (Wildman–Crippen MR) is 63.7 cm³/mol. The van der Waals surface area contributed by atoms with Crippen LogP contribution in [0.2, 0.25) is 0 Å². The average Bonchev–Trinajstić information content (AvgIpc) is 2.35. The van der Waals surface area contributed by atoms with Crippen molar-refractivity contribution in [2.24, 2.45) is 5.92 Å². The molecule has 1 saturated heterocycles. The molecule has 1 amide bonds. The van der Waals surface area contributed by atoms with Crippen LogP contribution in [0.1, 0.15) is 13.8 Å². The third-order valence-corrected chi connectivity index (χ3v) is 3.18. The Bertz CT molecular complexity index is 287. The van der Waals surface area contributed by atoms with Crippen LogP contribution in [-0.4, -0.2) is 69.9 Å². The van der Waals surface area contributed by atoms with Gasteiger partial charge in [-0.2, -0.15) is 0 Å². The van der Waals surface area contributed by atoms with Gasteiger partial charge in [0, 0.05) is 6.54 Å². The molecule has 0 saturated carbocycles. The highest BCUT2D eigenvalue weighted by molar-refractivity contribution is 5.83. The monoisotopic (exact) mass is 262 g/mol. The molecule has 18 heavy (non-hydrogen) atoms. The molecule has 0 spiro atoms. The molecule has 5 atom stereocenters. The van der Waals surface area contributed by atoms with Crippen LogP contribution >= 0.6 is 0 Å². The lowest BCUT2D eigenvalue weighted by Crippen LogP contribution is -2.65. The zero-order valence-corrected chi connectivity index (χ0v) is 10.6. The van der Waals surface area contributed by atoms with Gasteiger partial charge in [-0.15, -0.1) is 0 Å². The number of hydrogen-bond donors (Lipinski definition) is 6. The summed E-state index contributed by atoms with van der Waals surface area (Å²) in [4.78, 5) is 11.7. The summed E-state index contributed by atoms with van der Waals surface area (Å²) in [7, 11) is 0. The lowest BCUT2D eigenvalue weighted by Gasteiger charge is -2.36. The van der Waals surface area contributed by atoms with E-state index in [1.54, 1.807) is 0 Å². The zero-order valence-electron chi connectivity index (χ0n) is 10.6. The summed E-state index contributed by atoms with van der Waals surface area (Å²) in [6, 6.07) is -1.02. The molecule has 0 radical (unpaired) electrons. The molecule has 1 heterocycles. The molecule has 0 aliphatic carbocycles. The fourth-order valence-electron chi connectivity index (χ4n) is 1.99. The highest BCUT2D eigenvalue weighted by atomic mass is 16.4. The van der Waals surface area contributed by atoms with Gasteiger partial charge in [-0.05, 0) is 5.92 Å². The maximum absolute atomic E-state index is 11.7. The minimum atomic E-state index is -1.50. The van der Waals surface area contributed by atoms with E-state index in [9.17, 15) is 20.1 Å². The van der Waals surface area contributed by atoms with Crippen LogP contribution in [0.5, 0.6) is 0 Å². The van der Waals surface area contributed by atoms with Gasteiger partial charge in [-0.25, -0.2) is 0 Å². The van der Waals surface area contributed by atoms with Crippen molar-refractivity contribution in [3.05, 3.63) is 0 Å². The highest BCUT2D eigenvalue weighted by Gasteiger charge is 2.37. The molecule has 6 N–H and O–H groups in total. The van der Waals surface area contributed by atoms with Crippen molar-refractivity contribution in [1.29, 1.82) is 0 Å². The first-order valence-electron chi connectivity index (χ1n) is 6.07. The van der Waals surface area contributed by atoms with Gasteiger partial charge in [0.2, 0.25) is 5.91 Å². The molecule has 106 valence electrons. The van der Waals surface area contributed by atoms with Crippen molar-refractivity contribution in [3.8, 4) is 0 Å². The van der Waals surface area contributed by atoms with Gasteiger partial charge in [0.05, 0.1) is 18.7 Å². The van der Waals surface area contributed by atoms with Crippen molar-refractivity contribution < 1.29 is 25.2 Å². The number of nitrogens with one attached hydrogen (secondary N) is 2. The number of aliphatic hydroxyl groups excluding tert-OH is 4. The number of piperazine rings is 1. The van der Waals surface area contributed by atoms with Gasteiger partial charge in [0.25, 0.3) is 0 Å². The van der Waals surface area contributed by atoms with Gasteiger partial charge in [0.1, 0.15) is 18.3 Å². The lowest BCUT2D eigenvalue weighted by molar-refractivity contribution is -0.131. The van der Waals surface area contributed by atoms with E-state index in [4.69, 9.17) is 5.11 Å². The Morgan fingerprint density at radius 1 is 1.33 bits per heavy atom. The molecule has 0 aromatic rings. The van der Waals surface area contributed by atoms with E-state index in [1.807, 2.05) is 13.8 Å². The van der Waals surface area contributed by atoms with Gasteiger partial charge in [0.15, 0.2) is 0 Å². The third kappa shape index (κ3) is 3.39. The average molecular weight is 262 g/mol. The van der Waals surface area contributed by atoms with Gasteiger partial charge in [-0.3, -0.25) is 4.79 Å². The Morgan fingerprint density at radius 2 is 1.94 bits per heavy atom. The molecule has 7 heteroatoms. The summed E-state index contributed by atoms with van der Waals surface area (Å²) in [5, 5.41) is 42.9.